The molecule has 15 heteroatoms. The Hall–Kier alpha value is -2.51. The molecule has 0 bridgehead atoms. The van der Waals surface area contributed by atoms with Gasteiger partial charge in [-0.3, -0.25) is 19.8 Å². The van der Waals surface area contributed by atoms with E-state index in [9.17, 15) is 49.5 Å². The first-order valence-electron chi connectivity index (χ1n) is 6.81. The van der Waals surface area contributed by atoms with Crippen molar-refractivity contribution in [1.29, 1.82) is 0 Å². The van der Waals surface area contributed by atoms with Gasteiger partial charge in [-0.05, 0) is 30.4 Å². The van der Waals surface area contributed by atoms with Crippen LogP contribution < -0.4 is 11.3 Å². The van der Waals surface area contributed by atoms with Crippen molar-refractivity contribution in [2.24, 2.45) is 5.84 Å². The van der Waals surface area contributed by atoms with Gasteiger partial charge >= 0.3 is 12.4 Å². The predicted octanol–water partition coefficient (Wildman–Crippen LogP) is 3.77. The van der Waals surface area contributed by atoms with E-state index in [2.05, 4.69) is 5.84 Å². The van der Waals surface area contributed by atoms with Crippen molar-refractivity contribution in [3.05, 3.63) is 58.7 Å². The van der Waals surface area contributed by atoms with Gasteiger partial charge in [0.25, 0.3) is 5.91 Å². The largest absolute Gasteiger partial charge is 0.423 e. The molecule has 3 N–H and O–H groups in total. The van der Waals surface area contributed by atoms with Crippen LogP contribution in [0.1, 0.15) is 15.9 Å². The molecule has 0 atom stereocenters. The van der Waals surface area contributed by atoms with Crippen molar-refractivity contribution < 1.29 is 49.5 Å². The summed E-state index contributed by atoms with van der Waals surface area (Å²) in [7, 11) is 0. The van der Waals surface area contributed by atoms with Crippen LogP contribution in [0.3, 0.4) is 0 Å². The number of nitrogens with one attached hydrogen (secondary N) is 1. The molecule has 0 saturated carbocycles. The number of alkyl halides is 6. The molecule has 0 fully saturated rings. The smallest absolute Gasteiger partial charge is 0.290 e. The Morgan fingerprint density at radius 2 is 1.37 bits per heavy atom. The number of halogens is 10. The van der Waals surface area contributed by atoms with E-state index in [-0.39, 0.29) is 24.8 Å². The van der Waals surface area contributed by atoms with Gasteiger partial charge in [0.15, 0.2) is 11.6 Å². The van der Waals surface area contributed by atoms with Gasteiger partial charge < -0.3 is 0 Å². The van der Waals surface area contributed by atoms with Gasteiger partial charge in [-0.15, -0.1) is 24.8 Å². The van der Waals surface area contributed by atoms with Crippen molar-refractivity contribution >= 4 is 42.3 Å². The maximum Gasteiger partial charge on any atom is 0.423 e. The Morgan fingerprint density at radius 1 is 0.867 bits per heavy atom. The maximum atomic E-state index is 12.9. The lowest BCUT2D eigenvalue weighted by atomic mass is 10.0. The summed E-state index contributed by atoms with van der Waals surface area (Å²) in [6, 6.07) is 1.51. The van der Waals surface area contributed by atoms with Crippen LogP contribution in [0, 0.1) is 5.82 Å². The van der Waals surface area contributed by atoms with E-state index in [0.717, 1.165) is 0 Å². The first-order chi connectivity index (χ1) is 12.7. The molecule has 0 spiro atoms. The molecular weight excluding hydrogens is 479 g/mol. The normalized spacial score (nSPS) is 13.6. The summed E-state index contributed by atoms with van der Waals surface area (Å²) in [5.41, 5.74) is -2.33. The Bertz CT molecular complexity index is 880. The molecule has 1 amide bonds. The fourth-order valence-corrected chi connectivity index (χ4v) is 1.76. The molecule has 1 aromatic rings. The minimum absolute atomic E-state index is 0. The zero-order valence-corrected chi connectivity index (χ0v) is 15.7. The number of carbonyl (C=O) groups is 3. The van der Waals surface area contributed by atoms with Crippen molar-refractivity contribution in [3.8, 4) is 0 Å². The number of nitrogens with two attached hydrogens (primary N) is 1. The first-order valence-corrected chi connectivity index (χ1v) is 6.81. The Balaban J connectivity index is 0. The highest BCUT2D eigenvalue weighted by atomic mass is 35.5. The highest BCUT2D eigenvalue weighted by Gasteiger charge is 2.43. The zero-order valence-electron chi connectivity index (χ0n) is 14.0. The van der Waals surface area contributed by atoms with Crippen molar-refractivity contribution in [2.45, 2.75) is 12.4 Å². The Kier molecular flexibility index (Phi) is 10.9. The Labute approximate surface area is 174 Å². The fourth-order valence-electron chi connectivity index (χ4n) is 1.76. The lowest BCUT2D eigenvalue weighted by molar-refractivity contribution is -0.137. The second kappa shape index (κ2) is 11.0. The number of allylic oxidation sites excluding steroid dienone is 4. The van der Waals surface area contributed by atoms with Gasteiger partial charge in [-0.25, -0.2) is 14.6 Å². The van der Waals surface area contributed by atoms with E-state index >= 15 is 0 Å². The summed E-state index contributed by atoms with van der Waals surface area (Å²) in [5, 5.41) is 0. The maximum absolute atomic E-state index is 12.9. The van der Waals surface area contributed by atoms with Crippen LogP contribution in [0.25, 0.3) is 0 Å². The average Bonchev–Trinajstić information content (AvgIpc) is 2.56. The minimum atomic E-state index is -5.12. The number of hydrazine groups is 1. The van der Waals surface area contributed by atoms with Gasteiger partial charge in [0.2, 0.25) is 5.78 Å². The number of nitrogen functional groups attached to an aromatic ring is 1. The summed E-state index contributed by atoms with van der Waals surface area (Å²) >= 11 is 0. The van der Waals surface area contributed by atoms with Crippen molar-refractivity contribution in [2.75, 3.05) is 0 Å². The second-order valence-electron chi connectivity index (χ2n) is 4.91. The van der Waals surface area contributed by atoms with E-state index in [1.807, 2.05) is 0 Å². The number of hydrogen-bond donors (Lipinski definition) is 2. The summed E-state index contributed by atoms with van der Waals surface area (Å²) in [6.07, 6.45) is -8.89. The lowest BCUT2D eigenvalue weighted by Crippen LogP contribution is -2.31. The first kappa shape index (κ1) is 29.7. The molecule has 0 aromatic heterocycles. The molecule has 168 valence electrons. The van der Waals surface area contributed by atoms with E-state index in [1.165, 1.54) is 0 Å². The standard InChI is InChI=1S/C8H6F4N2O.C7H2F4O2.2ClH/c9-6-2-1-4(8(10,11)12)3-5(6)7(15)14-13;8-6-4(13)2-1-3(12)5(6)7(9,10)11;;/h1-3H,13H2,(H,14,15);1-2H;2*1H. The van der Waals surface area contributed by atoms with Gasteiger partial charge in [-0.2, -0.15) is 26.3 Å². The molecule has 30 heavy (non-hydrogen) atoms. The molecule has 0 saturated heterocycles. The van der Waals surface area contributed by atoms with Crippen molar-refractivity contribution in [3.63, 3.8) is 0 Å². The number of hydrogen-bond acceptors (Lipinski definition) is 4. The van der Waals surface area contributed by atoms with Crippen LogP contribution >= 0.6 is 24.8 Å². The molecule has 5 nitrogen and oxygen atoms in total. The molecule has 0 radical (unpaired) electrons. The van der Waals surface area contributed by atoms with Crippen molar-refractivity contribution in [1.82, 2.24) is 5.43 Å². The number of ketones is 2. The van der Waals surface area contributed by atoms with Crippen LogP contribution in [-0.2, 0) is 15.8 Å². The van der Waals surface area contributed by atoms with E-state index < -0.39 is 58.2 Å². The van der Waals surface area contributed by atoms with E-state index in [4.69, 9.17) is 0 Å². The highest BCUT2D eigenvalue weighted by Crippen LogP contribution is 2.32. The fraction of sp³-hybridized carbons (Fsp3) is 0.133. The predicted molar refractivity (Wildman–Crippen MR) is 90.9 cm³/mol. The monoisotopic (exact) mass is 488 g/mol. The van der Waals surface area contributed by atoms with Gasteiger partial charge in [0.05, 0.1) is 11.1 Å². The molecule has 1 aliphatic rings. The molecule has 0 unspecified atom stereocenters. The lowest BCUT2D eigenvalue weighted by Gasteiger charge is -2.11. The van der Waals surface area contributed by atoms with Crippen LogP contribution in [-0.4, -0.2) is 23.6 Å². The molecule has 1 aromatic carbocycles. The highest BCUT2D eigenvalue weighted by molar-refractivity contribution is 6.19. The third kappa shape index (κ3) is 7.39. The topological polar surface area (TPSA) is 89.3 Å². The summed E-state index contributed by atoms with van der Waals surface area (Å²) in [5.74, 6) is -2.51. The molecule has 2 rings (SSSR count). The molecule has 0 heterocycles. The third-order valence-corrected chi connectivity index (χ3v) is 3.02. The number of amides is 1. The van der Waals surface area contributed by atoms with Crippen LogP contribution in [0.15, 0.2) is 41.8 Å². The third-order valence-electron chi connectivity index (χ3n) is 3.02. The average molecular weight is 489 g/mol. The SMILES string of the molecule is Cl.Cl.NNC(=O)c1cc(C(F)(F)F)ccc1F.O=C1C=CC(=O)C(C(F)(F)F)=C1F. The summed E-state index contributed by atoms with van der Waals surface area (Å²) in [6.45, 7) is 0. The van der Waals surface area contributed by atoms with Crippen LogP contribution in [0.4, 0.5) is 35.1 Å². The van der Waals surface area contributed by atoms with Gasteiger partial charge in [0.1, 0.15) is 11.4 Å². The van der Waals surface area contributed by atoms with Gasteiger partial charge in [-0.1, -0.05) is 0 Å². The molecule has 1 aliphatic carbocycles. The number of carbonyl (C=O) groups excluding carboxylic acids is 3. The minimum Gasteiger partial charge on any atom is -0.290 e. The number of benzene rings is 1. The van der Waals surface area contributed by atoms with Crippen LogP contribution in [0.5, 0.6) is 0 Å². The van der Waals surface area contributed by atoms with Crippen LogP contribution in [0.2, 0.25) is 0 Å². The quantitative estimate of drug-likeness (QED) is 0.207. The molecular formula is C15H10Cl2F8N2O3. The summed E-state index contributed by atoms with van der Waals surface area (Å²) in [4.78, 5) is 31.8. The van der Waals surface area contributed by atoms with E-state index in [1.54, 1.807) is 5.43 Å². The zero-order chi connectivity index (χ0) is 21.9. The van der Waals surface area contributed by atoms with E-state index in [0.29, 0.717) is 30.4 Å². The van der Waals surface area contributed by atoms with Gasteiger partial charge in [0, 0.05) is 0 Å². The second-order valence-corrected chi connectivity index (χ2v) is 4.91. The summed E-state index contributed by atoms with van der Waals surface area (Å²) < 4.78 is 97.7. The Morgan fingerprint density at radius 3 is 1.77 bits per heavy atom. The number of rotatable bonds is 1. The molecule has 0 aliphatic heterocycles.